The molecule has 0 radical (unpaired) electrons. The standard InChI is InChI=1S/C39H55F2NO6.H2S/c1-35(2)30-9-7-25-27-19-29-26(6-8-28(47-29)33(43)36(3,4)45)37(27,5)12-13-38(25)21-39(30,38)11-10-31(35)48-32-20-42(14-15-46-32)34(44)22-16-23(40)18-24(41)17-22;/h16-18,25-33,43,45H,6-15,19-21H2,1-5H3;1H2/t25?,26?,27?,28?,29?,30?,31-,32?,33-,37?,38-,39+;/m0./s1. The fraction of sp³-hybridized carbons (Fsp3) is 0.821. The van der Waals surface area contributed by atoms with Crippen molar-refractivity contribution < 1.29 is 38.0 Å². The Morgan fingerprint density at radius 1 is 0.980 bits per heavy atom. The molecule has 0 aromatic heterocycles. The maximum Gasteiger partial charge on any atom is 0.254 e. The third-order valence-corrected chi connectivity index (χ3v) is 15.4. The Morgan fingerprint density at radius 2 is 1.69 bits per heavy atom. The maximum absolute atomic E-state index is 13.8. The van der Waals surface area contributed by atoms with Crippen molar-refractivity contribution in [2.45, 2.75) is 135 Å². The molecular weight excluding hydrogens is 648 g/mol. The summed E-state index contributed by atoms with van der Waals surface area (Å²) in [5.74, 6) is 0.511. The number of aliphatic hydroxyl groups excluding tert-OH is 1. The van der Waals surface area contributed by atoms with Gasteiger partial charge < -0.3 is 29.3 Å². The van der Waals surface area contributed by atoms with Crippen LogP contribution in [0.15, 0.2) is 18.2 Å². The molecule has 5 saturated carbocycles. The summed E-state index contributed by atoms with van der Waals surface area (Å²) in [6, 6.07) is 2.95. The molecule has 1 aromatic carbocycles. The zero-order chi connectivity index (χ0) is 34.0. The first kappa shape index (κ1) is 36.1. The molecule has 274 valence electrons. The SMILES string of the molecule is CC12CC[C@@]34C[C@@]35CC[C@H](OC3CN(C(=O)c6cc(F)cc(F)c6)CCO3)C(C)(C)C5CCC4C1CC1OC([C@H](O)C(C)(C)O)CCC12.S. The summed E-state index contributed by atoms with van der Waals surface area (Å²) in [5, 5.41) is 21.4. The number of hydrogen-bond donors (Lipinski definition) is 2. The van der Waals surface area contributed by atoms with Crippen molar-refractivity contribution in [3.05, 3.63) is 35.4 Å². The van der Waals surface area contributed by atoms with E-state index in [1.165, 1.54) is 32.1 Å². The quantitative estimate of drug-likeness (QED) is 0.359. The molecule has 8 unspecified atom stereocenters. The van der Waals surface area contributed by atoms with Crippen molar-refractivity contribution >= 4 is 19.4 Å². The predicted octanol–water partition coefficient (Wildman–Crippen LogP) is 6.60. The van der Waals surface area contributed by atoms with E-state index in [1.807, 2.05) is 0 Å². The van der Waals surface area contributed by atoms with E-state index in [0.29, 0.717) is 47.7 Å². The molecule has 2 saturated heterocycles. The van der Waals surface area contributed by atoms with Gasteiger partial charge in [-0.2, -0.15) is 13.5 Å². The Kier molecular flexibility index (Phi) is 8.92. The van der Waals surface area contributed by atoms with E-state index in [2.05, 4.69) is 20.8 Å². The monoisotopic (exact) mass is 705 g/mol. The van der Waals surface area contributed by atoms with Crippen LogP contribution in [-0.4, -0.2) is 77.0 Å². The second-order valence-corrected chi connectivity index (χ2v) is 18.3. The van der Waals surface area contributed by atoms with E-state index in [9.17, 15) is 23.8 Å². The number of ether oxygens (including phenoxy) is 3. The van der Waals surface area contributed by atoms with Gasteiger partial charge in [0.15, 0.2) is 6.29 Å². The molecule has 8 rings (SSSR count). The number of aliphatic hydroxyl groups is 2. The number of benzene rings is 1. The molecule has 10 heteroatoms. The van der Waals surface area contributed by atoms with Crippen LogP contribution in [-0.2, 0) is 14.2 Å². The molecule has 7 aliphatic rings. The predicted molar refractivity (Wildman–Crippen MR) is 185 cm³/mol. The van der Waals surface area contributed by atoms with E-state index in [-0.39, 0.29) is 54.7 Å². The normalized spacial score (nSPS) is 44.3. The number of amides is 1. The molecule has 12 atom stereocenters. The highest BCUT2D eigenvalue weighted by molar-refractivity contribution is 7.59. The molecule has 7 fully saturated rings. The van der Waals surface area contributed by atoms with Gasteiger partial charge in [-0.15, -0.1) is 0 Å². The summed E-state index contributed by atoms with van der Waals surface area (Å²) in [4.78, 5) is 14.8. The lowest BCUT2D eigenvalue weighted by Crippen LogP contribution is -2.56. The minimum Gasteiger partial charge on any atom is -0.388 e. The molecule has 2 heterocycles. The zero-order valence-electron chi connectivity index (χ0n) is 29.9. The van der Waals surface area contributed by atoms with E-state index in [1.54, 1.807) is 18.7 Å². The molecule has 7 nitrogen and oxygen atoms in total. The third kappa shape index (κ3) is 5.46. The van der Waals surface area contributed by atoms with Crippen molar-refractivity contribution in [1.82, 2.24) is 4.90 Å². The van der Waals surface area contributed by atoms with Crippen molar-refractivity contribution in [1.29, 1.82) is 0 Å². The van der Waals surface area contributed by atoms with Crippen LogP contribution in [0.1, 0.15) is 109 Å². The van der Waals surface area contributed by atoms with E-state index >= 15 is 0 Å². The molecule has 2 N–H and O–H groups in total. The van der Waals surface area contributed by atoms with Crippen LogP contribution in [0, 0.1) is 57.0 Å². The number of carbonyl (C=O) groups excluding carboxylic acids is 1. The number of carbonyl (C=O) groups is 1. The summed E-state index contributed by atoms with van der Waals surface area (Å²) < 4.78 is 47.1. The number of rotatable bonds is 5. The third-order valence-electron chi connectivity index (χ3n) is 15.4. The summed E-state index contributed by atoms with van der Waals surface area (Å²) in [5.41, 5.74) is -0.196. The van der Waals surface area contributed by atoms with Gasteiger partial charge in [-0.1, -0.05) is 20.8 Å². The molecule has 2 aliphatic heterocycles. The lowest BCUT2D eigenvalue weighted by atomic mass is 9.46. The van der Waals surface area contributed by atoms with Crippen molar-refractivity contribution in [3.63, 3.8) is 0 Å². The van der Waals surface area contributed by atoms with Gasteiger partial charge in [0.1, 0.15) is 17.7 Å². The molecule has 5 aliphatic carbocycles. The highest BCUT2D eigenvalue weighted by Crippen LogP contribution is 2.87. The van der Waals surface area contributed by atoms with Gasteiger partial charge in [0.05, 0.1) is 37.1 Å². The largest absolute Gasteiger partial charge is 0.388 e. The van der Waals surface area contributed by atoms with Crippen LogP contribution in [0.4, 0.5) is 8.78 Å². The zero-order valence-corrected chi connectivity index (χ0v) is 30.9. The fourth-order valence-electron chi connectivity index (χ4n) is 13.1. The number of halogens is 2. The molecule has 2 spiro atoms. The van der Waals surface area contributed by atoms with Crippen molar-refractivity contribution in [2.24, 2.45) is 45.3 Å². The van der Waals surface area contributed by atoms with Gasteiger partial charge in [-0.25, -0.2) is 8.78 Å². The first-order valence-corrected chi connectivity index (χ1v) is 18.7. The van der Waals surface area contributed by atoms with Gasteiger partial charge in [0.2, 0.25) is 0 Å². The Balaban J connectivity index is 0.00000378. The van der Waals surface area contributed by atoms with E-state index in [0.717, 1.165) is 50.3 Å². The minimum absolute atomic E-state index is 0. The smallest absolute Gasteiger partial charge is 0.254 e. The maximum atomic E-state index is 13.8. The first-order chi connectivity index (χ1) is 22.6. The second-order valence-electron chi connectivity index (χ2n) is 18.3. The molecule has 1 amide bonds. The molecular formula is C39H57F2NO6S. The van der Waals surface area contributed by atoms with Gasteiger partial charge in [-0.3, -0.25) is 4.79 Å². The summed E-state index contributed by atoms with van der Waals surface area (Å²) in [7, 11) is 0. The summed E-state index contributed by atoms with van der Waals surface area (Å²) in [6.45, 7) is 11.6. The average Bonchev–Trinajstić information content (AvgIpc) is 3.60. The van der Waals surface area contributed by atoms with Crippen LogP contribution in [0.5, 0.6) is 0 Å². The van der Waals surface area contributed by atoms with Crippen molar-refractivity contribution in [3.8, 4) is 0 Å². The number of nitrogens with zero attached hydrogens (tertiary/aromatic N) is 1. The van der Waals surface area contributed by atoms with Crippen molar-refractivity contribution in [2.75, 3.05) is 19.7 Å². The summed E-state index contributed by atoms with van der Waals surface area (Å²) >= 11 is 0. The van der Waals surface area contributed by atoms with E-state index in [4.69, 9.17) is 14.2 Å². The number of morpholine rings is 1. The van der Waals surface area contributed by atoms with Crippen LogP contribution in [0.3, 0.4) is 0 Å². The number of hydrogen-bond acceptors (Lipinski definition) is 6. The first-order valence-electron chi connectivity index (χ1n) is 18.7. The average molecular weight is 706 g/mol. The van der Waals surface area contributed by atoms with Crippen LogP contribution >= 0.6 is 13.5 Å². The van der Waals surface area contributed by atoms with Gasteiger partial charge >= 0.3 is 0 Å². The molecule has 1 aromatic rings. The molecule has 49 heavy (non-hydrogen) atoms. The topological polar surface area (TPSA) is 88.5 Å². The van der Waals surface area contributed by atoms with Gasteiger partial charge in [0.25, 0.3) is 5.91 Å². The second kappa shape index (κ2) is 12.1. The molecule has 0 bridgehead atoms. The minimum atomic E-state index is -1.17. The van der Waals surface area contributed by atoms with Crippen LogP contribution in [0.25, 0.3) is 0 Å². The van der Waals surface area contributed by atoms with Crippen LogP contribution in [0.2, 0.25) is 0 Å². The Morgan fingerprint density at radius 3 is 2.41 bits per heavy atom. The Bertz CT molecular complexity index is 1430. The Hall–Kier alpha value is -1.30. The fourth-order valence-corrected chi connectivity index (χ4v) is 13.1. The summed E-state index contributed by atoms with van der Waals surface area (Å²) in [6.07, 6.45) is 9.82. The van der Waals surface area contributed by atoms with Crippen LogP contribution < -0.4 is 0 Å². The van der Waals surface area contributed by atoms with Gasteiger partial charge in [0, 0.05) is 18.2 Å². The highest BCUT2D eigenvalue weighted by atomic mass is 32.1. The lowest BCUT2D eigenvalue weighted by Gasteiger charge is -2.60. The Labute approximate surface area is 297 Å². The lowest BCUT2D eigenvalue weighted by molar-refractivity contribution is -0.241. The highest BCUT2D eigenvalue weighted by Gasteiger charge is 2.80. The van der Waals surface area contributed by atoms with Gasteiger partial charge in [-0.05, 0) is 136 Å². The van der Waals surface area contributed by atoms with E-state index < -0.39 is 35.5 Å². The number of fused-ring (bicyclic) bond motifs is 4.